The largest absolute Gasteiger partial charge is 0.465 e. The second-order valence-corrected chi connectivity index (χ2v) is 11.5. The normalized spacial score (nSPS) is 14.0. The highest BCUT2D eigenvalue weighted by molar-refractivity contribution is 7.82. The SMILES string of the molecule is COC(=O)c1ccc(OS(=O)Nc2ccc(C)c(OS(=O)NC(C)c3nnc4cc(C(C)(C)C)[nH]n34)c2)cc1. The zero-order valence-electron chi connectivity index (χ0n) is 22.3. The summed E-state index contributed by atoms with van der Waals surface area (Å²) in [4.78, 5) is 11.5. The van der Waals surface area contributed by atoms with Crippen LogP contribution in [0, 0.1) is 6.92 Å². The van der Waals surface area contributed by atoms with Crippen molar-refractivity contribution in [3.05, 3.63) is 71.2 Å². The molecule has 208 valence electrons. The summed E-state index contributed by atoms with van der Waals surface area (Å²) in [5.41, 5.74) is 3.05. The molecule has 0 spiro atoms. The van der Waals surface area contributed by atoms with E-state index in [2.05, 4.69) is 50.2 Å². The molecule has 0 aliphatic rings. The van der Waals surface area contributed by atoms with Crippen LogP contribution >= 0.6 is 0 Å². The van der Waals surface area contributed by atoms with Crippen molar-refractivity contribution in [3.63, 3.8) is 0 Å². The maximum atomic E-state index is 12.8. The number of aryl methyl sites for hydroxylation is 1. The molecule has 4 aromatic rings. The number of hydrogen-bond donors (Lipinski definition) is 3. The van der Waals surface area contributed by atoms with Crippen molar-refractivity contribution >= 4 is 39.8 Å². The molecule has 0 saturated heterocycles. The lowest BCUT2D eigenvalue weighted by molar-refractivity contribution is 0.0600. The first kappa shape index (κ1) is 28.3. The van der Waals surface area contributed by atoms with Crippen LogP contribution in [-0.2, 0) is 32.7 Å². The molecule has 2 aromatic carbocycles. The van der Waals surface area contributed by atoms with Crippen molar-refractivity contribution in [1.82, 2.24) is 24.5 Å². The van der Waals surface area contributed by atoms with E-state index in [4.69, 9.17) is 8.37 Å². The third kappa shape index (κ3) is 6.82. The minimum absolute atomic E-state index is 0.0962. The molecule has 0 bridgehead atoms. The van der Waals surface area contributed by atoms with E-state index in [1.54, 1.807) is 36.6 Å². The Morgan fingerprint density at radius 1 is 1.03 bits per heavy atom. The van der Waals surface area contributed by atoms with E-state index in [1.807, 2.05) is 6.07 Å². The number of anilines is 1. The van der Waals surface area contributed by atoms with E-state index >= 15 is 0 Å². The van der Waals surface area contributed by atoms with Gasteiger partial charge < -0.3 is 13.1 Å². The number of aromatic nitrogens is 4. The number of ether oxygens (including phenoxy) is 1. The van der Waals surface area contributed by atoms with E-state index in [1.165, 1.54) is 31.4 Å². The van der Waals surface area contributed by atoms with Crippen molar-refractivity contribution in [2.45, 2.75) is 46.1 Å². The van der Waals surface area contributed by atoms with Crippen molar-refractivity contribution in [3.8, 4) is 11.5 Å². The molecule has 0 aliphatic heterocycles. The predicted octanol–water partition coefficient (Wildman–Crippen LogP) is 3.83. The minimum atomic E-state index is -1.95. The Hall–Kier alpha value is -3.75. The fourth-order valence-electron chi connectivity index (χ4n) is 3.49. The lowest BCUT2D eigenvalue weighted by Crippen LogP contribution is -2.27. The number of nitrogens with zero attached hydrogens (tertiary/aromatic N) is 3. The molecule has 0 aliphatic carbocycles. The summed E-state index contributed by atoms with van der Waals surface area (Å²) < 4.78 is 48.3. The smallest absolute Gasteiger partial charge is 0.337 e. The van der Waals surface area contributed by atoms with Gasteiger partial charge in [0.15, 0.2) is 11.5 Å². The van der Waals surface area contributed by atoms with Gasteiger partial charge in [0.25, 0.3) is 11.3 Å². The lowest BCUT2D eigenvalue weighted by atomic mass is 9.93. The second kappa shape index (κ2) is 11.6. The van der Waals surface area contributed by atoms with Gasteiger partial charge in [-0.2, -0.15) is 13.1 Å². The molecule has 3 atom stereocenters. The van der Waals surface area contributed by atoms with Gasteiger partial charge >= 0.3 is 17.2 Å². The fraction of sp³-hybridized carbons (Fsp3) is 0.320. The molecule has 12 nitrogen and oxygen atoms in total. The number of carbonyl (C=O) groups is 1. The molecule has 0 fully saturated rings. The highest BCUT2D eigenvalue weighted by Crippen LogP contribution is 2.26. The van der Waals surface area contributed by atoms with Gasteiger partial charge in [0.1, 0.15) is 11.5 Å². The maximum Gasteiger partial charge on any atom is 0.337 e. The number of aromatic amines is 1. The summed E-state index contributed by atoms with van der Waals surface area (Å²) in [6.07, 6.45) is 0. The topological polar surface area (TPSA) is 149 Å². The first-order valence-corrected chi connectivity index (χ1v) is 14.1. The van der Waals surface area contributed by atoms with Crippen LogP contribution in [0.1, 0.15) is 61.2 Å². The summed E-state index contributed by atoms with van der Waals surface area (Å²) in [7, 11) is 1.29. The number of esters is 1. The van der Waals surface area contributed by atoms with Crippen molar-refractivity contribution in [2.75, 3.05) is 11.8 Å². The number of H-pyrrole nitrogens is 1. The lowest BCUT2D eigenvalue weighted by Gasteiger charge is -2.16. The van der Waals surface area contributed by atoms with Gasteiger partial charge in [-0.3, -0.25) is 9.82 Å². The summed E-state index contributed by atoms with van der Waals surface area (Å²) in [5, 5.41) is 11.7. The van der Waals surface area contributed by atoms with Crippen LogP contribution in [0.5, 0.6) is 11.5 Å². The molecule has 2 heterocycles. The highest BCUT2D eigenvalue weighted by Gasteiger charge is 2.22. The van der Waals surface area contributed by atoms with Crippen LogP contribution in [-0.4, -0.2) is 41.3 Å². The summed E-state index contributed by atoms with van der Waals surface area (Å²) in [6.45, 7) is 9.87. The van der Waals surface area contributed by atoms with Crippen LogP contribution in [0.25, 0.3) is 5.65 Å². The fourth-order valence-corrected chi connectivity index (χ4v) is 4.92. The highest BCUT2D eigenvalue weighted by atomic mass is 32.2. The third-order valence-electron chi connectivity index (χ3n) is 5.69. The van der Waals surface area contributed by atoms with E-state index in [9.17, 15) is 13.2 Å². The van der Waals surface area contributed by atoms with Crippen LogP contribution in [0.3, 0.4) is 0 Å². The van der Waals surface area contributed by atoms with Gasteiger partial charge in [0.2, 0.25) is 0 Å². The van der Waals surface area contributed by atoms with Crippen LogP contribution in [0.2, 0.25) is 0 Å². The van der Waals surface area contributed by atoms with E-state index in [0.29, 0.717) is 28.5 Å². The molecule has 2 aromatic heterocycles. The Morgan fingerprint density at radius 3 is 2.41 bits per heavy atom. The van der Waals surface area contributed by atoms with Crippen molar-refractivity contribution in [2.24, 2.45) is 0 Å². The number of nitrogens with one attached hydrogen (secondary N) is 3. The van der Waals surface area contributed by atoms with Crippen LogP contribution in [0.4, 0.5) is 5.69 Å². The quantitative estimate of drug-likeness (QED) is 0.242. The number of methoxy groups -OCH3 is 1. The predicted molar refractivity (Wildman–Crippen MR) is 148 cm³/mol. The van der Waals surface area contributed by atoms with Gasteiger partial charge in [-0.25, -0.2) is 9.31 Å². The van der Waals surface area contributed by atoms with Gasteiger partial charge in [-0.15, -0.1) is 10.2 Å². The average molecular weight is 575 g/mol. The second-order valence-electron chi connectivity index (χ2n) is 9.75. The number of carbonyl (C=O) groups excluding carboxylic acids is 1. The Balaban J connectivity index is 1.38. The standard InChI is InChI=1S/C25H30N6O6S2/c1-15-7-10-18(30-39(34)36-19-11-8-17(9-12-19)24(32)35-6)13-20(15)37-38(33)29-16(2)23-27-26-22-14-21(25(3,4)5)28-31(22)23/h7-14,16,28-30H,1-6H3. The zero-order valence-corrected chi connectivity index (χ0v) is 23.9. The molecular weight excluding hydrogens is 544 g/mol. The van der Waals surface area contributed by atoms with Crippen LogP contribution < -0.4 is 17.8 Å². The molecule has 4 rings (SSSR count). The summed E-state index contributed by atoms with van der Waals surface area (Å²) in [6, 6.07) is 12.5. The number of benzene rings is 2. The Kier molecular flexibility index (Phi) is 8.37. The number of hydrogen-bond acceptors (Lipinski definition) is 8. The van der Waals surface area contributed by atoms with Crippen molar-refractivity contribution < 1.29 is 26.3 Å². The Morgan fingerprint density at radius 2 is 1.74 bits per heavy atom. The van der Waals surface area contributed by atoms with Gasteiger partial charge in [0.05, 0.1) is 24.4 Å². The molecule has 39 heavy (non-hydrogen) atoms. The molecule has 0 saturated carbocycles. The van der Waals surface area contributed by atoms with Crippen LogP contribution in [0.15, 0.2) is 48.5 Å². The molecule has 3 unspecified atom stereocenters. The third-order valence-corrected chi connectivity index (χ3v) is 7.31. The Labute approximate surface area is 231 Å². The van der Waals surface area contributed by atoms with E-state index < -0.39 is 34.5 Å². The molecule has 0 amide bonds. The zero-order chi connectivity index (χ0) is 28.3. The van der Waals surface area contributed by atoms with Gasteiger partial charge in [-0.05, 0) is 49.7 Å². The van der Waals surface area contributed by atoms with Gasteiger partial charge in [0, 0.05) is 23.2 Å². The average Bonchev–Trinajstić information content (AvgIpc) is 3.47. The summed E-state index contributed by atoms with van der Waals surface area (Å²) in [5.74, 6) is 0.675. The molecule has 0 radical (unpaired) electrons. The van der Waals surface area contributed by atoms with E-state index in [-0.39, 0.29) is 11.2 Å². The number of fused-ring (bicyclic) bond motifs is 1. The monoisotopic (exact) mass is 574 g/mol. The maximum absolute atomic E-state index is 12.8. The first-order chi connectivity index (χ1) is 18.4. The molecule has 3 N–H and O–H groups in total. The Bertz CT molecular complexity index is 1530. The van der Waals surface area contributed by atoms with E-state index in [0.717, 1.165) is 11.3 Å². The number of rotatable bonds is 10. The minimum Gasteiger partial charge on any atom is -0.465 e. The molecule has 14 heteroatoms. The summed E-state index contributed by atoms with van der Waals surface area (Å²) >= 11 is -3.88. The molecular formula is C25H30N6O6S2. The first-order valence-electron chi connectivity index (χ1n) is 11.9. The van der Waals surface area contributed by atoms with Crippen molar-refractivity contribution in [1.29, 1.82) is 0 Å². The van der Waals surface area contributed by atoms with Gasteiger partial charge in [-0.1, -0.05) is 26.8 Å².